The molecule has 0 aliphatic carbocycles. The largest absolute Gasteiger partial charge is 0.374 e. The number of Topliss-reactive ketones (excluding diaryl/α,β-unsaturated/α-hetero) is 1. The third kappa shape index (κ3) is 5.90. The molecule has 0 saturated carbocycles. The smallest absolute Gasteiger partial charge is 0.251 e. The van der Waals surface area contributed by atoms with Crippen LogP contribution in [0.3, 0.4) is 0 Å². The van der Waals surface area contributed by atoms with Gasteiger partial charge in [-0.3, -0.25) is 14.4 Å². The molecule has 0 radical (unpaired) electrons. The molecule has 3 aliphatic rings. The first kappa shape index (κ1) is 26.6. The average molecular weight is 501 g/mol. The van der Waals surface area contributed by atoms with Gasteiger partial charge in [0.05, 0.1) is 6.54 Å². The van der Waals surface area contributed by atoms with Gasteiger partial charge >= 0.3 is 0 Å². The Kier molecular flexibility index (Phi) is 8.02. The van der Waals surface area contributed by atoms with Crippen LogP contribution in [0, 0.1) is 5.41 Å². The zero-order valence-electron chi connectivity index (χ0n) is 22.2. The van der Waals surface area contributed by atoms with Gasteiger partial charge in [-0.1, -0.05) is 20.8 Å². The van der Waals surface area contributed by atoms with Gasteiger partial charge in [0.2, 0.25) is 5.91 Å². The van der Waals surface area contributed by atoms with E-state index in [4.69, 9.17) is 9.47 Å². The van der Waals surface area contributed by atoms with E-state index in [-0.39, 0.29) is 42.3 Å². The van der Waals surface area contributed by atoms with E-state index in [2.05, 4.69) is 22.2 Å². The van der Waals surface area contributed by atoms with Crippen LogP contribution in [0.1, 0.15) is 44.5 Å². The van der Waals surface area contributed by atoms with Gasteiger partial charge in [-0.15, -0.1) is 0 Å². The van der Waals surface area contributed by atoms with Crippen LogP contribution in [-0.2, 0) is 19.1 Å². The van der Waals surface area contributed by atoms with Gasteiger partial charge in [0, 0.05) is 44.0 Å². The Bertz CT molecular complexity index is 952. The second-order valence-electron chi connectivity index (χ2n) is 11.3. The molecule has 2 amide bonds. The summed E-state index contributed by atoms with van der Waals surface area (Å²) >= 11 is 0. The molecule has 4 atom stereocenters. The van der Waals surface area contributed by atoms with Crippen LogP contribution in [-0.4, -0.2) is 105 Å². The number of nitrogens with one attached hydrogen (secondary N) is 1. The molecule has 1 aromatic rings. The zero-order valence-corrected chi connectivity index (χ0v) is 22.2. The number of anilines is 1. The van der Waals surface area contributed by atoms with E-state index >= 15 is 0 Å². The number of hydrogen-bond acceptors (Lipinski definition) is 7. The Morgan fingerprint density at radius 2 is 1.81 bits per heavy atom. The monoisotopic (exact) mass is 500 g/mol. The lowest BCUT2D eigenvalue weighted by Crippen LogP contribution is -2.53. The highest BCUT2D eigenvalue weighted by atomic mass is 16.6. The first-order valence-corrected chi connectivity index (χ1v) is 13.0. The Morgan fingerprint density at radius 3 is 2.42 bits per heavy atom. The number of benzene rings is 1. The van der Waals surface area contributed by atoms with Crippen molar-refractivity contribution in [3.63, 3.8) is 0 Å². The lowest BCUT2D eigenvalue weighted by molar-refractivity contribution is -0.139. The van der Waals surface area contributed by atoms with E-state index in [0.717, 1.165) is 31.9 Å². The molecule has 1 aromatic carbocycles. The van der Waals surface area contributed by atoms with Crippen LogP contribution in [0.4, 0.5) is 5.69 Å². The lowest BCUT2D eigenvalue weighted by atomic mass is 9.87. The van der Waals surface area contributed by atoms with Crippen molar-refractivity contribution in [2.45, 2.75) is 58.4 Å². The second kappa shape index (κ2) is 10.9. The molecule has 36 heavy (non-hydrogen) atoms. The van der Waals surface area contributed by atoms with Crippen molar-refractivity contribution in [3.8, 4) is 0 Å². The number of likely N-dealkylation sites (tertiary alicyclic amines) is 1. The molecule has 3 aliphatic heterocycles. The number of ketones is 1. The normalized spacial score (nSPS) is 25.7. The maximum Gasteiger partial charge on any atom is 0.251 e. The number of likely N-dealkylation sites (N-methyl/N-ethyl adjacent to an activating group) is 1. The highest BCUT2D eigenvalue weighted by Crippen LogP contribution is 2.31. The molecule has 0 aromatic heterocycles. The molecule has 198 valence electrons. The van der Waals surface area contributed by atoms with Crippen LogP contribution in [0.15, 0.2) is 24.3 Å². The van der Waals surface area contributed by atoms with E-state index in [0.29, 0.717) is 18.6 Å². The summed E-state index contributed by atoms with van der Waals surface area (Å²) < 4.78 is 11.4. The number of rotatable bonds is 7. The molecule has 3 saturated heterocycles. The molecule has 1 N–H and O–H groups in total. The summed E-state index contributed by atoms with van der Waals surface area (Å²) in [5, 5.41) is 2.97. The van der Waals surface area contributed by atoms with Gasteiger partial charge in [0.1, 0.15) is 30.9 Å². The van der Waals surface area contributed by atoms with E-state index in [1.807, 2.05) is 52.0 Å². The molecule has 1 unspecified atom stereocenters. The number of ether oxygens (including phenoxy) is 2. The maximum absolute atomic E-state index is 13.8. The van der Waals surface area contributed by atoms with Gasteiger partial charge in [-0.25, -0.2) is 0 Å². The molecular weight excluding hydrogens is 460 g/mol. The van der Waals surface area contributed by atoms with Crippen LogP contribution < -0.4 is 10.2 Å². The predicted molar refractivity (Wildman–Crippen MR) is 137 cm³/mol. The van der Waals surface area contributed by atoms with Gasteiger partial charge in [-0.2, -0.15) is 0 Å². The SMILES string of the molecule is CCO[C@H]1CN(C(=O)C(CC(C)(C)C)NC(=O)c2ccc(N3CCN(C)CC3)cc2)[C@@H]2C(=O)CO[C@H]12. The summed E-state index contributed by atoms with van der Waals surface area (Å²) in [6, 6.07) is 6.14. The summed E-state index contributed by atoms with van der Waals surface area (Å²) in [7, 11) is 2.12. The zero-order chi connectivity index (χ0) is 26.0. The molecule has 0 bridgehead atoms. The summed E-state index contributed by atoms with van der Waals surface area (Å²) in [5.74, 6) is -0.673. The molecule has 3 fully saturated rings. The summed E-state index contributed by atoms with van der Waals surface area (Å²) in [5.41, 5.74) is 1.38. The molecular formula is C27H40N4O5. The van der Waals surface area contributed by atoms with Crippen molar-refractivity contribution in [2.24, 2.45) is 5.41 Å². The third-order valence-corrected chi connectivity index (χ3v) is 7.22. The van der Waals surface area contributed by atoms with Crippen molar-refractivity contribution in [1.82, 2.24) is 15.1 Å². The van der Waals surface area contributed by atoms with Crippen molar-refractivity contribution in [1.29, 1.82) is 0 Å². The second-order valence-corrected chi connectivity index (χ2v) is 11.3. The van der Waals surface area contributed by atoms with Crippen molar-refractivity contribution >= 4 is 23.3 Å². The van der Waals surface area contributed by atoms with E-state index in [1.165, 1.54) is 0 Å². The number of piperazine rings is 1. The molecule has 0 spiro atoms. The van der Waals surface area contributed by atoms with E-state index < -0.39 is 18.2 Å². The van der Waals surface area contributed by atoms with Crippen molar-refractivity contribution < 1.29 is 23.9 Å². The maximum atomic E-state index is 13.8. The Balaban J connectivity index is 1.48. The highest BCUT2D eigenvalue weighted by molar-refractivity contribution is 5.99. The van der Waals surface area contributed by atoms with Gasteiger partial charge < -0.3 is 29.5 Å². The molecule has 3 heterocycles. The molecule has 9 nitrogen and oxygen atoms in total. The fourth-order valence-corrected chi connectivity index (χ4v) is 5.34. The van der Waals surface area contributed by atoms with Gasteiger partial charge in [0.25, 0.3) is 5.91 Å². The summed E-state index contributed by atoms with van der Waals surface area (Å²) in [6.45, 7) is 12.6. The van der Waals surface area contributed by atoms with Crippen molar-refractivity contribution in [2.75, 3.05) is 57.9 Å². The third-order valence-electron chi connectivity index (χ3n) is 7.22. The van der Waals surface area contributed by atoms with Gasteiger partial charge in [-0.05, 0) is 50.1 Å². The quantitative estimate of drug-likeness (QED) is 0.608. The molecule has 9 heteroatoms. The average Bonchev–Trinajstić information content (AvgIpc) is 3.39. The van der Waals surface area contributed by atoms with Crippen LogP contribution >= 0.6 is 0 Å². The topological polar surface area (TPSA) is 91.4 Å². The minimum absolute atomic E-state index is 0.0152. The summed E-state index contributed by atoms with van der Waals surface area (Å²) in [4.78, 5) is 45.7. The predicted octanol–water partition coefficient (Wildman–Crippen LogP) is 1.56. The van der Waals surface area contributed by atoms with Crippen LogP contribution in [0.2, 0.25) is 0 Å². The number of fused-ring (bicyclic) bond motifs is 1. The van der Waals surface area contributed by atoms with Gasteiger partial charge in [0.15, 0.2) is 5.78 Å². The Hall–Kier alpha value is -2.49. The number of nitrogens with zero attached hydrogens (tertiary/aromatic N) is 3. The minimum atomic E-state index is -0.760. The summed E-state index contributed by atoms with van der Waals surface area (Å²) in [6.07, 6.45) is -0.350. The number of carbonyl (C=O) groups excluding carboxylic acids is 3. The Labute approximate surface area is 214 Å². The van der Waals surface area contributed by atoms with Crippen LogP contribution in [0.25, 0.3) is 0 Å². The highest BCUT2D eigenvalue weighted by Gasteiger charge is 2.53. The number of hydrogen-bond donors (Lipinski definition) is 1. The van der Waals surface area contributed by atoms with E-state index in [9.17, 15) is 14.4 Å². The minimum Gasteiger partial charge on any atom is -0.374 e. The Morgan fingerprint density at radius 1 is 1.14 bits per heavy atom. The number of carbonyl (C=O) groups is 3. The fourth-order valence-electron chi connectivity index (χ4n) is 5.34. The van der Waals surface area contributed by atoms with E-state index in [1.54, 1.807) is 4.90 Å². The lowest BCUT2D eigenvalue weighted by Gasteiger charge is -2.34. The first-order valence-electron chi connectivity index (χ1n) is 13.0. The standard InChI is InChI=1S/C27H40N4O5/c1-6-35-22-16-31(23-21(32)17-36-24(22)23)26(34)20(15-27(2,3)4)28-25(33)18-7-9-19(10-8-18)30-13-11-29(5)12-14-30/h7-10,20,22-24H,6,11-17H2,1-5H3,(H,28,33)/t20?,22-,23+,24+/m0/s1. The molecule has 4 rings (SSSR count). The van der Waals surface area contributed by atoms with Crippen molar-refractivity contribution in [3.05, 3.63) is 29.8 Å². The number of amides is 2. The first-order chi connectivity index (χ1) is 17.1. The van der Waals surface area contributed by atoms with Crippen LogP contribution in [0.5, 0.6) is 0 Å². The fraction of sp³-hybridized carbons (Fsp3) is 0.667.